The fraction of sp³-hybridized carbons (Fsp3) is 0.368. The highest BCUT2D eigenvalue weighted by Crippen LogP contribution is 2.17. The average molecular weight is 403 g/mol. The summed E-state index contributed by atoms with van der Waals surface area (Å²) in [5.74, 6) is 0.718. The smallest absolute Gasteiger partial charge is 0.267 e. The SMILES string of the molecule is CC(=O)N1CCN(C(=S)SCc2cnn(Cc3ccccc3)c(=O)c2)CC1. The maximum Gasteiger partial charge on any atom is 0.267 e. The lowest BCUT2D eigenvalue weighted by Gasteiger charge is -2.35. The summed E-state index contributed by atoms with van der Waals surface area (Å²) < 4.78 is 2.26. The molecule has 0 saturated carbocycles. The standard InChI is InChI=1S/C19H22N4O2S2/c1-15(24)21-7-9-22(10-8-21)19(26)27-14-17-11-18(25)23(20-12-17)13-16-5-3-2-4-6-16/h2-6,11-12H,7-10,13-14H2,1H3. The number of carbonyl (C=O) groups excluding carboxylic acids is 1. The Morgan fingerprint density at radius 3 is 2.41 bits per heavy atom. The molecule has 0 radical (unpaired) electrons. The van der Waals surface area contributed by atoms with Crippen molar-refractivity contribution in [3.8, 4) is 0 Å². The first kappa shape index (κ1) is 19.6. The Hall–Kier alpha value is -2.19. The highest BCUT2D eigenvalue weighted by atomic mass is 32.2. The molecule has 1 amide bonds. The maximum absolute atomic E-state index is 12.3. The van der Waals surface area contributed by atoms with Crippen molar-refractivity contribution in [1.29, 1.82) is 0 Å². The van der Waals surface area contributed by atoms with E-state index in [1.807, 2.05) is 35.2 Å². The molecule has 0 atom stereocenters. The summed E-state index contributed by atoms with van der Waals surface area (Å²) >= 11 is 7.03. The summed E-state index contributed by atoms with van der Waals surface area (Å²) in [5.41, 5.74) is 1.79. The number of amides is 1. The van der Waals surface area contributed by atoms with E-state index in [0.29, 0.717) is 25.4 Å². The Labute approximate surface area is 168 Å². The van der Waals surface area contributed by atoms with Gasteiger partial charge in [-0.1, -0.05) is 54.3 Å². The third-order valence-electron chi connectivity index (χ3n) is 4.45. The monoisotopic (exact) mass is 402 g/mol. The summed E-state index contributed by atoms with van der Waals surface area (Å²) in [5, 5.41) is 4.28. The molecule has 1 fully saturated rings. The molecule has 0 aliphatic carbocycles. The molecular weight excluding hydrogens is 380 g/mol. The first-order valence-electron chi connectivity index (χ1n) is 8.80. The molecule has 3 rings (SSSR count). The summed E-state index contributed by atoms with van der Waals surface area (Å²) in [7, 11) is 0. The Morgan fingerprint density at radius 2 is 1.78 bits per heavy atom. The van der Waals surface area contributed by atoms with Gasteiger partial charge in [0.15, 0.2) is 0 Å². The molecule has 0 bridgehead atoms. The zero-order valence-electron chi connectivity index (χ0n) is 15.2. The van der Waals surface area contributed by atoms with Crippen LogP contribution in [-0.4, -0.2) is 56.0 Å². The van der Waals surface area contributed by atoms with Gasteiger partial charge in [0.2, 0.25) is 5.91 Å². The predicted molar refractivity (Wildman–Crippen MR) is 112 cm³/mol. The molecule has 1 aliphatic heterocycles. The van der Waals surface area contributed by atoms with Crippen molar-refractivity contribution in [2.24, 2.45) is 0 Å². The fourth-order valence-electron chi connectivity index (χ4n) is 2.87. The van der Waals surface area contributed by atoms with Crippen molar-refractivity contribution in [2.45, 2.75) is 19.2 Å². The summed E-state index contributed by atoms with van der Waals surface area (Å²) in [6.45, 7) is 4.96. The molecule has 1 aromatic carbocycles. The van der Waals surface area contributed by atoms with Crippen LogP contribution in [0.3, 0.4) is 0 Å². The van der Waals surface area contributed by atoms with E-state index >= 15 is 0 Å². The van der Waals surface area contributed by atoms with Gasteiger partial charge in [-0.05, 0) is 11.1 Å². The van der Waals surface area contributed by atoms with E-state index in [2.05, 4.69) is 10.00 Å². The second-order valence-corrected chi connectivity index (χ2v) is 8.00. The van der Waals surface area contributed by atoms with Gasteiger partial charge >= 0.3 is 0 Å². The lowest BCUT2D eigenvalue weighted by molar-refractivity contribution is -0.130. The van der Waals surface area contributed by atoms with Gasteiger partial charge < -0.3 is 9.80 Å². The lowest BCUT2D eigenvalue weighted by atomic mass is 10.2. The van der Waals surface area contributed by atoms with Gasteiger partial charge in [-0.15, -0.1) is 0 Å². The van der Waals surface area contributed by atoms with Crippen molar-refractivity contribution in [3.05, 3.63) is 64.1 Å². The van der Waals surface area contributed by atoms with E-state index in [1.165, 1.54) is 16.4 Å². The molecule has 0 spiro atoms. The number of rotatable bonds is 4. The number of aromatic nitrogens is 2. The van der Waals surface area contributed by atoms with E-state index in [4.69, 9.17) is 12.2 Å². The quantitative estimate of drug-likeness (QED) is 0.729. The third-order valence-corrected chi connectivity index (χ3v) is 6.04. The van der Waals surface area contributed by atoms with Crippen LogP contribution in [0.15, 0.2) is 47.4 Å². The number of hydrogen-bond acceptors (Lipinski definition) is 5. The van der Waals surface area contributed by atoms with Gasteiger partial charge in [0, 0.05) is 44.9 Å². The van der Waals surface area contributed by atoms with Gasteiger partial charge in [-0.2, -0.15) is 5.10 Å². The van der Waals surface area contributed by atoms with Crippen LogP contribution in [0.25, 0.3) is 0 Å². The Balaban J connectivity index is 1.52. The molecule has 0 N–H and O–H groups in total. The predicted octanol–water partition coefficient (Wildman–Crippen LogP) is 1.97. The van der Waals surface area contributed by atoms with Crippen LogP contribution in [-0.2, 0) is 17.1 Å². The van der Waals surface area contributed by atoms with Crippen LogP contribution in [0.2, 0.25) is 0 Å². The average Bonchev–Trinajstić information content (AvgIpc) is 2.69. The van der Waals surface area contributed by atoms with Gasteiger partial charge in [-0.25, -0.2) is 4.68 Å². The number of thiocarbonyl (C=S) groups is 1. The highest BCUT2D eigenvalue weighted by molar-refractivity contribution is 8.22. The number of piperazine rings is 1. The third kappa shape index (κ3) is 5.40. The van der Waals surface area contributed by atoms with E-state index < -0.39 is 0 Å². The summed E-state index contributed by atoms with van der Waals surface area (Å²) in [6.07, 6.45) is 1.73. The van der Waals surface area contributed by atoms with E-state index in [-0.39, 0.29) is 11.5 Å². The lowest BCUT2D eigenvalue weighted by Crippen LogP contribution is -2.49. The van der Waals surface area contributed by atoms with Crippen molar-refractivity contribution >= 4 is 34.2 Å². The van der Waals surface area contributed by atoms with Crippen LogP contribution in [0.5, 0.6) is 0 Å². The normalized spacial score (nSPS) is 14.3. The van der Waals surface area contributed by atoms with E-state index in [0.717, 1.165) is 28.5 Å². The van der Waals surface area contributed by atoms with Crippen LogP contribution >= 0.6 is 24.0 Å². The highest BCUT2D eigenvalue weighted by Gasteiger charge is 2.20. The Kier molecular flexibility index (Phi) is 6.63. The molecule has 8 heteroatoms. The number of hydrogen-bond donors (Lipinski definition) is 0. The van der Waals surface area contributed by atoms with Crippen molar-refractivity contribution in [2.75, 3.05) is 26.2 Å². The zero-order valence-corrected chi connectivity index (χ0v) is 16.8. The van der Waals surface area contributed by atoms with Crippen LogP contribution in [0, 0.1) is 0 Å². The van der Waals surface area contributed by atoms with Crippen molar-refractivity contribution < 1.29 is 4.79 Å². The van der Waals surface area contributed by atoms with Crippen molar-refractivity contribution in [3.63, 3.8) is 0 Å². The van der Waals surface area contributed by atoms with Gasteiger partial charge in [0.25, 0.3) is 5.56 Å². The minimum Gasteiger partial charge on any atom is -0.354 e. The second kappa shape index (κ2) is 9.14. The second-order valence-electron chi connectivity index (χ2n) is 6.39. The summed E-state index contributed by atoms with van der Waals surface area (Å²) in [4.78, 5) is 27.6. The summed E-state index contributed by atoms with van der Waals surface area (Å²) in [6, 6.07) is 11.4. The van der Waals surface area contributed by atoms with Gasteiger partial charge in [-0.3, -0.25) is 9.59 Å². The van der Waals surface area contributed by atoms with E-state index in [9.17, 15) is 9.59 Å². The molecule has 1 aromatic heterocycles. The number of benzene rings is 1. The number of thioether (sulfide) groups is 1. The molecule has 2 aromatic rings. The molecule has 0 unspecified atom stereocenters. The van der Waals surface area contributed by atoms with Gasteiger partial charge in [0.1, 0.15) is 4.32 Å². The molecule has 142 valence electrons. The molecule has 1 saturated heterocycles. The fourth-order valence-corrected chi connectivity index (χ4v) is 4.04. The molecule has 1 aliphatic rings. The van der Waals surface area contributed by atoms with Crippen LogP contribution in [0.4, 0.5) is 0 Å². The van der Waals surface area contributed by atoms with Gasteiger partial charge in [0.05, 0.1) is 12.7 Å². The molecule has 2 heterocycles. The minimum absolute atomic E-state index is 0.107. The molecule has 27 heavy (non-hydrogen) atoms. The van der Waals surface area contributed by atoms with E-state index in [1.54, 1.807) is 19.2 Å². The Bertz CT molecular complexity index is 862. The maximum atomic E-state index is 12.3. The first-order chi connectivity index (χ1) is 13.0. The number of nitrogens with zero attached hydrogens (tertiary/aromatic N) is 4. The minimum atomic E-state index is -0.113. The Morgan fingerprint density at radius 1 is 1.11 bits per heavy atom. The topological polar surface area (TPSA) is 58.4 Å². The zero-order chi connectivity index (χ0) is 19.2. The molecule has 6 nitrogen and oxygen atoms in total. The largest absolute Gasteiger partial charge is 0.354 e. The van der Waals surface area contributed by atoms with Crippen LogP contribution in [0.1, 0.15) is 18.1 Å². The number of carbonyl (C=O) groups is 1. The molecular formula is C19H22N4O2S2. The van der Waals surface area contributed by atoms with Crippen molar-refractivity contribution in [1.82, 2.24) is 19.6 Å². The first-order valence-corrected chi connectivity index (χ1v) is 10.2. The van der Waals surface area contributed by atoms with Crippen LogP contribution < -0.4 is 5.56 Å².